The maximum Gasteiger partial charge on any atom is 0.322 e. The van der Waals surface area contributed by atoms with E-state index in [-0.39, 0.29) is 18.8 Å². The Labute approximate surface area is 164 Å². The first-order chi connectivity index (χ1) is 14.1. The van der Waals surface area contributed by atoms with E-state index >= 15 is 0 Å². The highest BCUT2D eigenvalue weighted by molar-refractivity contribution is 5.90. The van der Waals surface area contributed by atoms with Gasteiger partial charge in [0.1, 0.15) is 17.7 Å². The van der Waals surface area contributed by atoms with Crippen LogP contribution in [-0.2, 0) is 0 Å². The predicted molar refractivity (Wildman–Crippen MR) is 104 cm³/mol. The number of urea groups is 1. The highest BCUT2D eigenvalue weighted by atomic mass is 19.1. The van der Waals surface area contributed by atoms with Crippen LogP contribution in [0.4, 0.5) is 25.0 Å². The second-order valence-corrected chi connectivity index (χ2v) is 6.90. The number of halogens is 2. The van der Waals surface area contributed by atoms with Crippen molar-refractivity contribution < 1.29 is 13.6 Å². The van der Waals surface area contributed by atoms with Gasteiger partial charge in [-0.3, -0.25) is 5.01 Å². The number of rotatable bonds is 3. The number of benzene rings is 1. The maximum absolute atomic E-state index is 14.5. The largest absolute Gasteiger partial charge is 0.322 e. The molecule has 0 atom stereocenters. The minimum atomic E-state index is -0.982. The fraction of sp³-hybridized carbons (Fsp3) is 0.211. The molecule has 8 nitrogen and oxygen atoms in total. The number of anilines is 2. The summed E-state index contributed by atoms with van der Waals surface area (Å²) in [5.74, 6) is -0.493. The molecule has 148 valence electrons. The van der Waals surface area contributed by atoms with Gasteiger partial charge in [-0.1, -0.05) is 6.08 Å². The fourth-order valence-electron chi connectivity index (χ4n) is 3.26. The lowest BCUT2D eigenvalue weighted by molar-refractivity contribution is 0.0974. The summed E-state index contributed by atoms with van der Waals surface area (Å²) in [7, 11) is 0. The minimum Gasteiger partial charge on any atom is -0.319 e. The number of fused-ring (bicyclic) bond motifs is 1. The summed E-state index contributed by atoms with van der Waals surface area (Å²) < 4.78 is 28.8. The Morgan fingerprint density at radius 1 is 1.28 bits per heavy atom. The first kappa shape index (κ1) is 17.6. The zero-order valence-corrected chi connectivity index (χ0v) is 15.2. The molecule has 4 heterocycles. The summed E-state index contributed by atoms with van der Waals surface area (Å²) in [6.07, 6.45) is 6.27. The lowest BCUT2D eigenvalue weighted by atomic mass is 10.2. The number of alkyl halides is 1. The van der Waals surface area contributed by atoms with E-state index in [1.54, 1.807) is 12.4 Å². The lowest BCUT2D eigenvalue weighted by Gasteiger charge is -2.34. The van der Waals surface area contributed by atoms with Crippen molar-refractivity contribution in [3.63, 3.8) is 0 Å². The third-order valence-electron chi connectivity index (χ3n) is 4.83. The van der Waals surface area contributed by atoms with Crippen LogP contribution < -0.4 is 15.8 Å². The van der Waals surface area contributed by atoms with Crippen molar-refractivity contribution in [3.8, 4) is 5.69 Å². The zero-order valence-electron chi connectivity index (χ0n) is 15.2. The van der Waals surface area contributed by atoms with Crippen molar-refractivity contribution in [2.45, 2.75) is 6.17 Å². The van der Waals surface area contributed by atoms with E-state index in [4.69, 9.17) is 0 Å². The van der Waals surface area contributed by atoms with Gasteiger partial charge in [0, 0.05) is 30.0 Å². The van der Waals surface area contributed by atoms with Gasteiger partial charge in [-0.05, 0) is 24.3 Å². The Morgan fingerprint density at radius 3 is 2.90 bits per heavy atom. The highest BCUT2D eigenvalue weighted by Crippen LogP contribution is 2.24. The predicted octanol–water partition coefficient (Wildman–Crippen LogP) is 2.58. The molecule has 1 aromatic carbocycles. The van der Waals surface area contributed by atoms with E-state index in [0.29, 0.717) is 11.3 Å². The SMILES string of the molecule is O=C(Nc1ccc(F)c(-n2cc3cc(N4C=CCN4)cnc3n2)c1)N1CC(F)C1. The van der Waals surface area contributed by atoms with Crippen molar-refractivity contribution in [2.24, 2.45) is 0 Å². The van der Waals surface area contributed by atoms with Gasteiger partial charge in [0.2, 0.25) is 0 Å². The molecule has 10 heteroatoms. The number of aromatic nitrogens is 3. The van der Waals surface area contributed by atoms with E-state index in [1.165, 1.54) is 27.8 Å². The Bertz CT molecular complexity index is 1120. The van der Waals surface area contributed by atoms with Crippen LogP contribution in [0.5, 0.6) is 0 Å². The van der Waals surface area contributed by atoms with Crippen LogP contribution in [0.1, 0.15) is 0 Å². The van der Waals surface area contributed by atoms with E-state index in [1.807, 2.05) is 23.4 Å². The molecule has 1 saturated heterocycles. The molecule has 2 aromatic heterocycles. The van der Waals surface area contributed by atoms with Gasteiger partial charge in [0.15, 0.2) is 5.65 Å². The van der Waals surface area contributed by atoms with Crippen LogP contribution in [0.15, 0.2) is 48.9 Å². The Morgan fingerprint density at radius 2 is 2.14 bits per heavy atom. The third-order valence-corrected chi connectivity index (χ3v) is 4.83. The number of hydrogen-bond acceptors (Lipinski definition) is 5. The number of carbonyl (C=O) groups is 1. The van der Waals surface area contributed by atoms with Crippen molar-refractivity contribution >= 4 is 28.4 Å². The van der Waals surface area contributed by atoms with Crippen molar-refractivity contribution in [1.82, 2.24) is 25.1 Å². The Hall–Kier alpha value is -3.53. The van der Waals surface area contributed by atoms with Crippen LogP contribution in [0, 0.1) is 5.82 Å². The van der Waals surface area contributed by atoms with Gasteiger partial charge < -0.3 is 10.2 Å². The van der Waals surface area contributed by atoms with Crippen molar-refractivity contribution in [2.75, 3.05) is 30.0 Å². The summed E-state index contributed by atoms with van der Waals surface area (Å²) in [4.78, 5) is 17.8. The van der Waals surface area contributed by atoms with Gasteiger partial charge in [0.05, 0.1) is 25.0 Å². The smallest absolute Gasteiger partial charge is 0.319 e. The highest BCUT2D eigenvalue weighted by Gasteiger charge is 2.30. The van der Waals surface area contributed by atoms with E-state index in [9.17, 15) is 13.6 Å². The first-order valence-electron chi connectivity index (χ1n) is 9.11. The average Bonchev–Trinajstić information content (AvgIpc) is 3.35. The quantitative estimate of drug-likeness (QED) is 0.710. The van der Waals surface area contributed by atoms with E-state index in [2.05, 4.69) is 20.8 Å². The molecule has 0 saturated carbocycles. The third kappa shape index (κ3) is 3.27. The molecule has 0 spiro atoms. The molecule has 2 N–H and O–H groups in total. The van der Waals surface area contributed by atoms with Crippen LogP contribution in [-0.4, -0.2) is 51.5 Å². The standard InChI is InChI=1S/C19H17F2N7O/c20-13-10-26(11-13)19(29)24-14-2-3-16(21)17(7-14)28-9-12-6-15(8-22-18(12)25-28)27-5-1-4-23-27/h1-3,5-9,13,23H,4,10-11H2,(H,24,29). The number of likely N-dealkylation sites (tertiary alicyclic amines) is 1. The molecule has 2 aliphatic rings. The summed E-state index contributed by atoms with van der Waals surface area (Å²) in [6, 6.07) is 5.67. The van der Waals surface area contributed by atoms with E-state index < -0.39 is 18.0 Å². The zero-order chi connectivity index (χ0) is 20.0. The number of pyridine rings is 1. The summed E-state index contributed by atoms with van der Waals surface area (Å²) in [5, 5.41) is 9.59. The van der Waals surface area contributed by atoms with Crippen LogP contribution in [0.2, 0.25) is 0 Å². The molecule has 0 bridgehead atoms. The Balaban J connectivity index is 1.42. The number of carbonyl (C=O) groups excluding carboxylic acids is 1. The molecule has 2 amide bonds. The molecule has 0 radical (unpaired) electrons. The summed E-state index contributed by atoms with van der Waals surface area (Å²) >= 11 is 0. The van der Waals surface area contributed by atoms with Gasteiger partial charge >= 0.3 is 6.03 Å². The summed E-state index contributed by atoms with van der Waals surface area (Å²) in [5.41, 5.74) is 5.04. The topological polar surface area (TPSA) is 78.3 Å². The number of hydrazine groups is 1. The molecule has 0 unspecified atom stereocenters. The van der Waals surface area contributed by atoms with Crippen molar-refractivity contribution in [3.05, 3.63) is 54.8 Å². The molecule has 3 aromatic rings. The fourth-order valence-corrected chi connectivity index (χ4v) is 3.26. The van der Waals surface area contributed by atoms with E-state index in [0.717, 1.165) is 17.6 Å². The lowest BCUT2D eigenvalue weighted by Crippen LogP contribution is -2.53. The maximum atomic E-state index is 14.5. The second kappa shape index (κ2) is 6.82. The van der Waals surface area contributed by atoms with Gasteiger partial charge in [0.25, 0.3) is 0 Å². The van der Waals surface area contributed by atoms with Crippen LogP contribution in [0.25, 0.3) is 16.7 Å². The van der Waals surface area contributed by atoms with Gasteiger partial charge in [-0.2, -0.15) is 0 Å². The monoisotopic (exact) mass is 397 g/mol. The normalized spacial score (nSPS) is 16.5. The van der Waals surface area contributed by atoms with Crippen molar-refractivity contribution in [1.29, 1.82) is 0 Å². The first-order valence-corrected chi connectivity index (χ1v) is 9.11. The van der Waals surface area contributed by atoms with Crippen LogP contribution >= 0.6 is 0 Å². The molecule has 1 fully saturated rings. The van der Waals surface area contributed by atoms with Gasteiger partial charge in [-0.15, -0.1) is 5.10 Å². The molecule has 0 aliphatic carbocycles. The second-order valence-electron chi connectivity index (χ2n) is 6.90. The number of nitrogens with zero attached hydrogens (tertiary/aromatic N) is 5. The van der Waals surface area contributed by atoms with Crippen LogP contribution in [0.3, 0.4) is 0 Å². The van der Waals surface area contributed by atoms with Gasteiger partial charge in [-0.25, -0.2) is 28.7 Å². The number of amides is 2. The molecular weight excluding hydrogens is 380 g/mol. The molecular formula is C19H17F2N7O. The Kier molecular flexibility index (Phi) is 4.13. The molecule has 2 aliphatic heterocycles. The summed E-state index contributed by atoms with van der Waals surface area (Å²) in [6.45, 7) is 0.878. The average molecular weight is 397 g/mol. The number of hydrogen-bond donors (Lipinski definition) is 2. The minimum absolute atomic E-state index is 0.0689. The number of nitrogens with one attached hydrogen (secondary N) is 2. The molecule has 29 heavy (non-hydrogen) atoms. The molecule has 5 rings (SSSR count).